The molecule has 3 rings (SSSR count). The minimum Gasteiger partial charge on any atom is -0.406 e. The molecule has 0 radical (unpaired) electrons. The van der Waals surface area contributed by atoms with Crippen LogP contribution in [-0.2, 0) is 4.79 Å². The first-order chi connectivity index (χ1) is 13.7. The van der Waals surface area contributed by atoms with Gasteiger partial charge in [0, 0.05) is 11.3 Å². The Labute approximate surface area is 168 Å². The third-order valence-corrected chi connectivity index (χ3v) is 4.76. The number of thioether (sulfide) groups is 1. The van der Waals surface area contributed by atoms with E-state index in [1.54, 1.807) is 6.92 Å². The molecule has 3 aromatic rings. The van der Waals surface area contributed by atoms with E-state index in [4.69, 9.17) is 0 Å². The van der Waals surface area contributed by atoms with Gasteiger partial charge in [-0.3, -0.25) is 9.89 Å². The number of aromatic nitrogens is 3. The molecular formula is C19H17F3N4O2S. The van der Waals surface area contributed by atoms with Gasteiger partial charge in [-0.2, -0.15) is 0 Å². The number of nitrogens with zero attached hydrogens (tertiary/aromatic N) is 2. The van der Waals surface area contributed by atoms with Crippen LogP contribution < -0.4 is 10.1 Å². The Morgan fingerprint density at radius 1 is 1.14 bits per heavy atom. The van der Waals surface area contributed by atoms with Crippen molar-refractivity contribution in [2.75, 3.05) is 5.32 Å². The fourth-order valence-corrected chi connectivity index (χ4v) is 3.06. The highest BCUT2D eigenvalue weighted by molar-refractivity contribution is 8.00. The number of nitrogens with one attached hydrogen (secondary N) is 2. The lowest BCUT2D eigenvalue weighted by molar-refractivity contribution is -0.274. The number of carbonyl (C=O) groups excluding carboxylic acids is 1. The van der Waals surface area contributed by atoms with Gasteiger partial charge in [0.25, 0.3) is 0 Å². The zero-order valence-corrected chi connectivity index (χ0v) is 16.3. The Kier molecular flexibility index (Phi) is 6.12. The minimum absolute atomic E-state index is 0.332. The maximum Gasteiger partial charge on any atom is 0.573 e. The van der Waals surface area contributed by atoms with E-state index in [1.807, 2.05) is 31.2 Å². The summed E-state index contributed by atoms with van der Waals surface area (Å²) in [6, 6.07) is 12.7. The van der Waals surface area contributed by atoms with Gasteiger partial charge in [-0.05, 0) is 38.1 Å². The van der Waals surface area contributed by atoms with E-state index in [0.717, 1.165) is 35.0 Å². The SMILES string of the molecule is Cc1ccc(-c2nc(SC(C)C(=O)Nc3ccc(OC(F)(F)F)cc3)n[nH]2)cc1. The number of benzene rings is 2. The van der Waals surface area contributed by atoms with E-state index in [-0.39, 0.29) is 11.7 Å². The van der Waals surface area contributed by atoms with Gasteiger partial charge in [-0.1, -0.05) is 41.6 Å². The highest BCUT2D eigenvalue weighted by Crippen LogP contribution is 2.26. The number of aromatic amines is 1. The van der Waals surface area contributed by atoms with Crippen molar-refractivity contribution in [1.82, 2.24) is 15.2 Å². The maximum atomic E-state index is 12.3. The van der Waals surface area contributed by atoms with E-state index in [1.165, 1.54) is 12.1 Å². The van der Waals surface area contributed by atoms with Crippen LogP contribution in [0.2, 0.25) is 0 Å². The smallest absolute Gasteiger partial charge is 0.406 e. The second-order valence-corrected chi connectivity index (χ2v) is 7.46. The molecule has 6 nitrogen and oxygen atoms in total. The molecule has 152 valence electrons. The number of anilines is 1. The number of alkyl halides is 3. The van der Waals surface area contributed by atoms with Crippen molar-refractivity contribution < 1.29 is 22.7 Å². The van der Waals surface area contributed by atoms with Crippen LogP contribution in [0.3, 0.4) is 0 Å². The molecule has 0 spiro atoms. The fraction of sp³-hybridized carbons (Fsp3) is 0.211. The predicted molar refractivity (Wildman–Crippen MR) is 104 cm³/mol. The number of hydrogen-bond donors (Lipinski definition) is 2. The van der Waals surface area contributed by atoms with Gasteiger partial charge in [-0.15, -0.1) is 18.3 Å². The first kappa shape index (κ1) is 20.7. The van der Waals surface area contributed by atoms with Crippen LogP contribution in [0.1, 0.15) is 12.5 Å². The van der Waals surface area contributed by atoms with E-state index in [9.17, 15) is 18.0 Å². The lowest BCUT2D eigenvalue weighted by Crippen LogP contribution is -2.22. The molecule has 0 saturated heterocycles. The zero-order valence-electron chi connectivity index (χ0n) is 15.4. The van der Waals surface area contributed by atoms with Gasteiger partial charge in [0.1, 0.15) is 5.75 Å². The van der Waals surface area contributed by atoms with Crippen molar-refractivity contribution in [2.45, 2.75) is 30.6 Å². The van der Waals surface area contributed by atoms with Crippen LogP contribution >= 0.6 is 11.8 Å². The third-order valence-electron chi connectivity index (χ3n) is 3.80. The Morgan fingerprint density at radius 2 is 1.79 bits per heavy atom. The van der Waals surface area contributed by atoms with Crippen LogP contribution in [0, 0.1) is 6.92 Å². The van der Waals surface area contributed by atoms with Crippen molar-refractivity contribution in [2.24, 2.45) is 0 Å². The predicted octanol–water partition coefficient (Wildman–Crippen LogP) is 4.80. The molecule has 0 aliphatic heterocycles. The van der Waals surface area contributed by atoms with Crippen LogP contribution in [0.5, 0.6) is 5.75 Å². The van der Waals surface area contributed by atoms with Crippen LogP contribution in [0.25, 0.3) is 11.4 Å². The highest BCUT2D eigenvalue weighted by Gasteiger charge is 2.31. The van der Waals surface area contributed by atoms with Crippen molar-refractivity contribution in [1.29, 1.82) is 0 Å². The molecule has 1 aromatic heterocycles. The van der Waals surface area contributed by atoms with E-state index in [0.29, 0.717) is 16.7 Å². The average Bonchev–Trinajstić information content (AvgIpc) is 3.11. The molecule has 1 amide bonds. The molecule has 0 bridgehead atoms. The Morgan fingerprint density at radius 3 is 2.41 bits per heavy atom. The van der Waals surface area contributed by atoms with Gasteiger partial charge in [0.2, 0.25) is 11.1 Å². The number of hydrogen-bond acceptors (Lipinski definition) is 5. The lowest BCUT2D eigenvalue weighted by Gasteiger charge is -2.12. The Balaban J connectivity index is 1.57. The molecule has 1 unspecified atom stereocenters. The molecule has 1 heterocycles. The summed E-state index contributed by atoms with van der Waals surface area (Å²) < 4.78 is 40.3. The molecule has 2 N–H and O–H groups in total. The summed E-state index contributed by atoms with van der Waals surface area (Å²) in [7, 11) is 0. The monoisotopic (exact) mass is 422 g/mol. The summed E-state index contributed by atoms with van der Waals surface area (Å²) >= 11 is 1.16. The molecule has 0 fully saturated rings. The number of halogens is 3. The van der Waals surface area contributed by atoms with Gasteiger partial charge < -0.3 is 10.1 Å². The Hall–Kier alpha value is -3.01. The lowest BCUT2D eigenvalue weighted by atomic mass is 10.1. The summed E-state index contributed by atoms with van der Waals surface area (Å²) in [5, 5.41) is 9.48. The summed E-state index contributed by atoms with van der Waals surface area (Å²) in [6.07, 6.45) is -4.76. The molecule has 29 heavy (non-hydrogen) atoms. The number of H-pyrrole nitrogens is 1. The van der Waals surface area contributed by atoms with Crippen LogP contribution in [0.15, 0.2) is 53.7 Å². The molecule has 0 saturated carbocycles. The summed E-state index contributed by atoms with van der Waals surface area (Å²) in [5.74, 6) is -0.0937. The normalized spacial score (nSPS) is 12.4. The highest BCUT2D eigenvalue weighted by atomic mass is 32.2. The van der Waals surface area contributed by atoms with Crippen molar-refractivity contribution >= 4 is 23.4 Å². The number of amides is 1. The average molecular weight is 422 g/mol. The molecular weight excluding hydrogens is 405 g/mol. The standard InChI is InChI=1S/C19H17F3N4O2S/c1-11-3-5-13(6-4-11)16-24-18(26-25-16)29-12(2)17(27)23-14-7-9-15(10-8-14)28-19(20,21)22/h3-10,12H,1-2H3,(H,23,27)(H,24,25,26). The fourth-order valence-electron chi connectivity index (χ4n) is 2.34. The molecule has 0 aliphatic carbocycles. The van der Waals surface area contributed by atoms with Gasteiger partial charge in [0.05, 0.1) is 5.25 Å². The Bertz CT molecular complexity index is 972. The number of carbonyl (C=O) groups is 1. The van der Waals surface area contributed by atoms with E-state index >= 15 is 0 Å². The second-order valence-electron chi connectivity index (χ2n) is 6.15. The summed E-state index contributed by atoms with van der Waals surface area (Å²) in [4.78, 5) is 16.7. The first-order valence-corrected chi connectivity index (χ1v) is 9.40. The van der Waals surface area contributed by atoms with Crippen molar-refractivity contribution in [3.05, 3.63) is 54.1 Å². The third kappa shape index (κ3) is 5.98. The summed E-state index contributed by atoms with van der Waals surface area (Å²) in [5.41, 5.74) is 2.37. The second kappa shape index (κ2) is 8.56. The van der Waals surface area contributed by atoms with Gasteiger partial charge in [-0.25, -0.2) is 4.98 Å². The quantitative estimate of drug-likeness (QED) is 0.558. The molecule has 2 aromatic carbocycles. The van der Waals surface area contributed by atoms with Gasteiger partial charge >= 0.3 is 6.36 Å². The van der Waals surface area contributed by atoms with Gasteiger partial charge in [0.15, 0.2) is 5.82 Å². The molecule has 0 aliphatic rings. The van der Waals surface area contributed by atoms with Crippen LogP contribution in [-0.4, -0.2) is 32.7 Å². The van der Waals surface area contributed by atoms with E-state index in [2.05, 4.69) is 25.2 Å². The zero-order chi connectivity index (χ0) is 21.0. The number of aryl methyl sites for hydroxylation is 1. The largest absolute Gasteiger partial charge is 0.573 e. The number of ether oxygens (including phenoxy) is 1. The number of rotatable bonds is 6. The molecule has 1 atom stereocenters. The maximum absolute atomic E-state index is 12.3. The molecule has 10 heteroatoms. The minimum atomic E-state index is -4.76. The topological polar surface area (TPSA) is 79.9 Å². The summed E-state index contributed by atoms with van der Waals surface area (Å²) in [6.45, 7) is 3.67. The van der Waals surface area contributed by atoms with Crippen molar-refractivity contribution in [3.63, 3.8) is 0 Å². The van der Waals surface area contributed by atoms with E-state index < -0.39 is 11.6 Å². The van der Waals surface area contributed by atoms with Crippen LogP contribution in [0.4, 0.5) is 18.9 Å². The first-order valence-electron chi connectivity index (χ1n) is 8.52. The van der Waals surface area contributed by atoms with Crippen molar-refractivity contribution in [3.8, 4) is 17.1 Å².